The molecule has 4 atom stereocenters. The van der Waals surface area contributed by atoms with E-state index in [1.807, 2.05) is 0 Å². The second-order valence-electron chi connectivity index (χ2n) is 4.52. The minimum Gasteiger partial charge on any atom is -0.394 e. The summed E-state index contributed by atoms with van der Waals surface area (Å²) in [6.45, 7) is -0.304. The number of hydrogen-bond acceptors (Lipinski definition) is 8. The first-order valence-electron chi connectivity index (χ1n) is 6.07. The molecule has 1 aliphatic heterocycles. The predicted octanol–water partition coefficient (Wildman–Crippen LogP) is -1.33. The van der Waals surface area contributed by atoms with E-state index in [-0.39, 0.29) is 12.4 Å². The molecule has 4 N–H and O–H groups in total. The third kappa shape index (κ3) is 1.83. The first-order valence-corrected chi connectivity index (χ1v) is 6.07. The summed E-state index contributed by atoms with van der Waals surface area (Å²) in [6.07, 6.45) is -0.119. The van der Waals surface area contributed by atoms with Crippen molar-refractivity contribution in [3.63, 3.8) is 0 Å². The van der Waals surface area contributed by atoms with Gasteiger partial charge in [-0.1, -0.05) is 0 Å². The van der Waals surface area contributed by atoms with Crippen LogP contribution < -0.4 is 5.73 Å². The van der Waals surface area contributed by atoms with Crippen molar-refractivity contribution in [3.8, 4) is 0 Å². The normalized spacial score (nSPS) is 30.1. The molecule has 9 nitrogen and oxygen atoms in total. The van der Waals surface area contributed by atoms with E-state index in [1.165, 1.54) is 19.8 Å². The van der Waals surface area contributed by atoms with Crippen LogP contribution in [0, 0.1) is 0 Å². The molecular formula is C11H15N5O4. The van der Waals surface area contributed by atoms with Gasteiger partial charge in [0.1, 0.15) is 30.2 Å². The molecule has 108 valence electrons. The van der Waals surface area contributed by atoms with Crippen LogP contribution in [0.15, 0.2) is 12.7 Å². The van der Waals surface area contributed by atoms with Gasteiger partial charge in [-0.25, -0.2) is 15.0 Å². The molecule has 3 rings (SSSR count). The lowest BCUT2D eigenvalue weighted by molar-refractivity contribution is -0.0583. The lowest BCUT2D eigenvalue weighted by Gasteiger charge is -2.19. The van der Waals surface area contributed by atoms with Crippen LogP contribution in [0.3, 0.4) is 0 Å². The number of aliphatic hydroxyl groups excluding tert-OH is 2. The van der Waals surface area contributed by atoms with Crippen LogP contribution in [0.2, 0.25) is 0 Å². The Morgan fingerprint density at radius 3 is 2.95 bits per heavy atom. The third-order valence-corrected chi connectivity index (χ3v) is 3.43. The Hall–Kier alpha value is -1.81. The molecule has 2 aromatic heterocycles. The fraction of sp³-hybridized carbons (Fsp3) is 0.545. The number of ether oxygens (including phenoxy) is 2. The van der Waals surface area contributed by atoms with Crippen LogP contribution in [0.1, 0.15) is 6.23 Å². The van der Waals surface area contributed by atoms with Crippen LogP contribution in [0.25, 0.3) is 11.2 Å². The molecule has 0 aromatic carbocycles. The van der Waals surface area contributed by atoms with Crippen LogP contribution in [-0.2, 0) is 9.47 Å². The number of imidazole rings is 1. The van der Waals surface area contributed by atoms with E-state index in [1.54, 1.807) is 4.57 Å². The lowest BCUT2D eigenvalue weighted by Crippen LogP contribution is -2.34. The zero-order valence-electron chi connectivity index (χ0n) is 10.7. The van der Waals surface area contributed by atoms with E-state index >= 15 is 0 Å². The molecule has 3 unspecified atom stereocenters. The van der Waals surface area contributed by atoms with E-state index in [9.17, 15) is 10.2 Å². The van der Waals surface area contributed by atoms with Crippen LogP contribution in [0.4, 0.5) is 5.82 Å². The molecular weight excluding hydrogens is 266 g/mol. The molecule has 0 saturated carbocycles. The number of methoxy groups -OCH3 is 1. The zero-order valence-corrected chi connectivity index (χ0v) is 10.7. The van der Waals surface area contributed by atoms with Gasteiger partial charge in [0.2, 0.25) is 0 Å². The van der Waals surface area contributed by atoms with Crippen molar-refractivity contribution in [1.82, 2.24) is 19.5 Å². The highest BCUT2D eigenvalue weighted by Gasteiger charge is 2.45. The monoisotopic (exact) mass is 281 g/mol. The van der Waals surface area contributed by atoms with Gasteiger partial charge in [0, 0.05) is 7.11 Å². The third-order valence-electron chi connectivity index (χ3n) is 3.43. The standard InChI is InChI=1S/C11H15N5O4/c1-19-8-7(18)5(2-17)20-11(8)16-4-15-6-9(12)13-3-14-10(6)16/h3-5,7-8,11,17-18H,2H2,1H3,(H2,12,13,14)/t5-,7?,8?,11?/m1/s1. The summed E-state index contributed by atoms with van der Waals surface area (Å²) < 4.78 is 12.5. The van der Waals surface area contributed by atoms with Gasteiger partial charge in [-0.2, -0.15) is 0 Å². The van der Waals surface area contributed by atoms with Gasteiger partial charge in [0.25, 0.3) is 0 Å². The molecule has 0 spiro atoms. The van der Waals surface area contributed by atoms with Crippen molar-refractivity contribution in [1.29, 1.82) is 0 Å². The molecule has 1 fully saturated rings. The van der Waals surface area contributed by atoms with E-state index in [4.69, 9.17) is 15.2 Å². The smallest absolute Gasteiger partial charge is 0.167 e. The summed E-state index contributed by atoms with van der Waals surface area (Å²) in [6, 6.07) is 0. The van der Waals surface area contributed by atoms with Crippen molar-refractivity contribution >= 4 is 17.0 Å². The first kappa shape index (κ1) is 13.2. The summed E-state index contributed by atoms with van der Waals surface area (Å²) in [4.78, 5) is 12.1. The minimum atomic E-state index is -0.938. The predicted molar refractivity (Wildman–Crippen MR) is 67.5 cm³/mol. The molecule has 0 amide bonds. The molecule has 3 heterocycles. The van der Waals surface area contributed by atoms with Gasteiger partial charge in [-0.15, -0.1) is 0 Å². The van der Waals surface area contributed by atoms with Crippen molar-refractivity contribution < 1.29 is 19.7 Å². The topological polar surface area (TPSA) is 129 Å². The van der Waals surface area contributed by atoms with Crippen LogP contribution in [0.5, 0.6) is 0 Å². The molecule has 0 radical (unpaired) electrons. The molecule has 0 aliphatic carbocycles. The van der Waals surface area contributed by atoms with Crippen molar-refractivity contribution in [3.05, 3.63) is 12.7 Å². The Labute approximate surface area is 114 Å². The summed E-state index contributed by atoms with van der Waals surface area (Å²) in [5.74, 6) is 0.264. The number of fused-ring (bicyclic) bond motifs is 1. The molecule has 1 saturated heterocycles. The number of nitrogens with zero attached hydrogens (tertiary/aromatic N) is 4. The molecule has 20 heavy (non-hydrogen) atoms. The van der Waals surface area contributed by atoms with Crippen LogP contribution >= 0.6 is 0 Å². The first-order chi connectivity index (χ1) is 9.67. The summed E-state index contributed by atoms with van der Waals surface area (Å²) in [5.41, 5.74) is 6.66. The second kappa shape index (κ2) is 4.94. The van der Waals surface area contributed by atoms with Gasteiger partial charge in [0.15, 0.2) is 17.7 Å². The van der Waals surface area contributed by atoms with Gasteiger partial charge in [0.05, 0.1) is 12.9 Å². The Morgan fingerprint density at radius 1 is 1.45 bits per heavy atom. The summed E-state index contributed by atoms with van der Waals surface area (Å²) in [7, 11) is 1.46. The summed E-state index contributed by atoms with van der Waals surface area (Å²) in [5, 5.41) is 19.3. The minimum absolute atomic E-state index is 0.264. The average Bonchev–Trinajstić information content (AvgIpc) is 3.00. The number of aromatic nitrogens is 4. The largest absolute Gasteiger partial charge is 0.394 e. The fourth-order valence-electron chi connectivity index (χ4n) is 2.40. The van der Waals surface area contributed by atoms with Crippen molar-refractivity contribution in [2.75, 3.05) is 19.5 Å². The van der Waals surface area contributed by atoms with E-state index in [0.717, 1.165) is 0 Å². The fourth-order valence-corrected chi connectivity index (χ4v) is 2.40. The molecule has 2 aromatic rings. The van der Waals surface area contributed by atoms with Crippen molar-refractivity contribution in [2.45, 2.75) is 24.5 Å². The Morgan fingerprint density at radius 2 is 2.25 bits per heavy atom. The number of rotatable bonds is 3. The summed E-state index contributed by atoms with van der Waals surface area (Å²) >= 11 is 0. The maximum absolute atomic E-state index is 10.0. The van der Waals surface area contributed by atoms with Gasteiger partial charge in [-0.05, 0) is 0 Å². The molecule has 1 aliphatic rings. The number of nitrogens with two attached hydrogens (primary N) is 1. The van der Waals surface area contributed by atoms with Crippen molar-refractivity contribution in [2.24, 2.45) is 0 Å². The zero-order chi connectivity index (χ0) is 14.3. The number of anilines is 1. The molecule has 9 heteroatoms. The highest BCUT2D eigenvalue weighted by molar-refractivity contribution is 5.81. The Balaban J connectivity index is 2.04. The number of nitrogen functional groups attached to an aromatic ring is 1. The second-order valence-corrected chi connectivity index (χ2v) is 4.52. The van der Waals surface area contributed by atoms with Gasteiger partial charge >= 0.3 is 0 Å². The Kier molecular flexibility index (Phi) is 3.26. The maximum Gasteiger partial charge on any atom is 0.167 e. The molecule has 0 bridgehead atoms. The Bertz CT molecular complexity index is 618. The van der Waals surface area contributed by atoms with E-state index < -0.39 is 24.5 Å². The maximum atomic E-state index is 10.0. The quantitative estimate of drug-likeness (QED) is 0.631. The number of aliphatic hydroxyl groups is 2. The highest BCUT2D eigenvalue weighted by atomic mass is 16.6. The highest BCUT2D eigenvalue weighted by Crippen LogP contribution is 2.33. The SMILES string of the molecule is COC1C(O)[C@@H](CO)OC1n1cnc2c(N)ncnc21. The van der Waals surface area contributed by atoms with E-state index in [2.05, 4.69) is 15.0 Å². The van der Waals surface area contributed by atoms with E-state index in [0.29, 0.717) is 11.2 Å². The number of hydrogen-bond donors (Lipinski definition) is 3. The van der Waals surface area contributed by atoms with Gasteiger partial charge in [-0.3, -0.25) is 4.57 Å². The van der Waals surface area contributed by atoms with Crippen LogP contribution in [-0.4, -0.2) is 61.8 Å². The average molecular weight is 281 g/mol. The van der Waals surface area contributed by atoms with Gasteiger partial charge < -0.3 is 25.4 Å². The lowest BCUT2D eigenvalue weighted by atomic mass is 10.1.